The van der Waals surface area contributed by atoms with Gasteiger partial charge in [0.1, 0.15) is 0 Å². The summed E-state index contributed by atoms with van der Waals surface area (Å²) in [7, 11) is 1.94. The fourth-order valence-corrected chi connectivity index (χ4v) is 2.31. The molecule has 5 heteroatoms. The number of carbonyl (C=O) groups is 1. The molecular formula is C12H19N3O2. The average Bonchev–Trinajstić information content (AvgIpc) is 2.70. The Morgan fingerprint density at radius 2 is 2.12 bits per heavy atom. The van der Waals surface area contributed by atoms with Gasteiger partial charge in [-0.15, -0.1) is 0 Å². The van der Waals surface area contributed by atoms with Crippen LogP contribution in [0.15, 0.2) is 6.20 Å². The normalized spacial score (nSPS) is 24.6. The van der Waals surface area contributed by atoms with Crippen LogP contribution in [0, 0.1) is 6.92 Å². The first kappa shape index (κ1) is 12.0. The first-order valence-electron chi connectivity index (χ1n) is 5.90. The van der Waals surface area contributed by atoms with Crippen LogP contribution in [0.3, 0.4) is 0 Å². The molecule has 1 aromatic rings. The highest BCUT2D eigenvalue weighted by Crippen LogP contribution is 2.32. The number of hydrogen-bond acceptors (Lipinski definition) is 3. The SMILES string of the molecule is Cc1cnc([C@H]2OC(=O)N(C(C)C)[C@H]2C)n1C. The summed E-state index contributed by atoms with van der Waals surface area (Å²) in [6.07, 6.45) is 1.27. The number of aryl methyl sites for hydroxylation is 1. The number of aromatic nitrogens is 2. The molecule has 2 rings (SSSR count). The van der Waals surface area contributed by atoms with Crippen molar-refractivity contribution in [3.05, 3.63) is 17.7 Å². The molecule has 17 heavy (non-hydrogen) atoms. The van der Waals surface area contributed by atoms with Crippen LogP contribution >= 0.6 is 0 Å². The molecule has 5 nitrogen and oxygen atoms in total. The summed E-state index contributed by atoms with van der Waals surface area (Å²) in [5, 5.41) is 0. The average molecular weight is 237 g/mol. The van der Waals surface area contributed by atoms with Crippen LogP contribution in [0.4, 0.5) is 4.79 Å². The number of rotatable bonds is 2. The summed E-state index contributed by atoms with van der Waals surface area (Å²) < 4.78 is 7.40. The molecule has 0 N–H and O–H groups in total. The van der Waals surface area contributed by atoms with Crippen molar-refractivity contribution in [2.75, 3.05) is 0 Å². The molecule has 0 aromatic carbocycles. The minimum atomic E-state index is -0.274. The van der Waals surface area contributed by atoms with Gasteiger partial charge in [-0.1, -0.05) is 0 Å². The number of nitrogens with zero attached hydrogens (tertiary/aromatic N) is 3. The molecule has 2 atom stereocenters. The zero-order valence-electron chi connectivity index (χ0n) is 11.0. The molecule has 1 saturated heterocycles. The van der Waals surface area contributed by atoms with E-state index in [-0.39, 0.29) is 24.3 Å². The van der Waals surface area contributed by atoms with Crippen LogP contribution < -0.4 is 0 Å². The van der Waals surface area contributed by atoms with Gasteiger partial charge in [-0.3, -0.25) is 4.90 Å². The van der Waals surface area contributed by atoms with E-state index in [1.54, 1.807) is 11.1 Å². The monoisotopic (exact) mass is 237 g/mol. The number of ether oxygens (including phenoxy) is 1. The zero-order chi connectivity index (χ0) is 12.7. The molecule has 0 saturated carbocycles. The van der Waals surface area contributed by atoms with E-state index in [0.29, 0.717) is 0 Å². The molecule has 0 spiro atoms. The second kappa shape index (κ2) is 4.05. The summed E-state index contributed by atoms with van der Waals surface area (Å²) in [5.41, 5.74) is 1.06. The van der Waals surface area contributed by atoms with Crippen LogP contribution in [0.1, 0.15) is 38.4 Å². The first-order chi connectivity index (χ1) is 7.93. The van der Waals surface area contributed by atoms with Crippen molar-refractivity contribution in [1.82, 2.24) is 14.5 Å². The Morgan fingerprint density at radius 3 is 2.53 bits per heavy atom. The molecule has 2 heterocycles. The Hall–Kier alpha value is -1.52. The Kier molecular flexibility index (Phi) is 2.85. The molecule has 94 valence electrons. The predicted octanol–water partition coefficient (Wildman–Crippen LogP) is 2.02. The van der Waals surface area contributed by atoms with Crippen LogP contribution in [-0.4, -0.2) is 32.6 Å². The highest BCUT2D eigenvalue weighted by molar-refractivity contribution is 5.71. The zero-order valence-corrected chi connectivity index (χ0v) is 11.0. The van der Waals surface area contributed by atoms with Gasteiger partial charge in [-0.25, -0.2) is 9.78 Å². The number of imidazole rings is 1. The molecule has 0 radical (unpaired) electrons. The van der Waals surface area contributed by atoms with Gasteiger partial charge in [0, 0.05) is 25.0 Å². The third-order valence-corrected chi connectivity index (χ3v) is 3.38. The predicted molar refractivity (Wildman–Crippen MR) is 63.6 cm³/mol. The largest absolute Gasteiger partial charge is 0.436 e. The lowest BCUT2D eigenvalue weighted by molar-refractivity contribution is 0.124. The minimum absolute atomic E-state index is 0.0167. The summed E-state index contributed by atoms with van der Waals surface area (Å²) >= 11 is 0. The third kappa shape index (κ3) is 1.79. The number of hydrogen-bond donors (Lipinski definition) is 0. The minimum Gasteiger partial charge on any atom is -0.436 e. The standard InChI is InChI=1S/C12H19N3O2/c1-7(2)15-9(4)10(17-12(15)16)11-13-6-8(3)14(11)5/h6-7,9-10H,1-5H3/t9-,10-/m0/s1. The van der Waals surface area contributed by atoms with Crippen molar-refractivity contribution in [3.8, 4) is 0 Å². The van der Waals surface area contributed by atoms with E-state index < -0.39 is 0 Å². The van der Waals surface area contributed by atoms with Crippen molar-refractivity contribution < 1.29 is 9.53 Å². The van der Waals surface area contributed by atoms with E-state index in [9.17, 15) is 4.79 Å². The molecule has 1 aliphatic heterocycles. The Bertz CT molecular complexity index is 439. The number of amides is 1. The van der Waals surface area contributed by atoms with E-state index in [1.165, 1.54) is 0 Å². The van der Waals surface area contributed by atoms with Gasteiger partial charge in [-0.05, 0) is 27.7 Å². The van der Waals surface area contributed by atoms with E-state index in [0.717, 1.165) is 11.5 Å². The molecule has 0 aliphatic carbocycles. The lowest BCUT2D eigenvalue weighted by Crippen LogP contribution is -2.37. The second-order valence-corrected chi connectivity index (χ2v) is 4.86. The summed E-state index contributed by atoms with van der Waals surface area (Å²) in [6, 6.07) is 0.159. The fraction of sp³-hybridized carbons (Fsp3) is 0.667. The Balaban J connectivity index is 2.31. The molecular weight excluding hydrogens is 218 g/mol. The molecule has 1 amide bonds. The van der Waals surface area contributed by atoms with Crippen molar-refractivity contribution in [2.45, 2.75) is 45.9 Å². The first-order valence-corrected chi connectivity index (χ1v) is 5.90. The molecule has 1 aliphatic rings. The van der Waals surface area contributed by atoms with Gasteiger partial charge >= 0.3 is 6.09 Å². The van der Waals surface area contributed by atoms with Gasteiger partial charge in [0.15, 0.2) is 11.9 Å². The van der Waals surface area contributed by atoms with Gasteiger partial charge in [0.25, 0.3) is 0 Å². The van der Waals surface area contributed by atoms with Crippen molar-refractivity contribution in [2.24, 2.45) is 7.05 Å². The van der Waals surface area contributed by atoms with Crippen LogP contribution in [-0.2, 0) is 11.8 Å². The maximum Gasteiger partial charge on any atom is 0.411 e. The molecule has 0 unspecified atom stereocenters. The second-order valence-electron chi connectivity index (χ2n) is 4.86. The molecule has 1 fully saturated rings. The van der Waals surface area contributed by atoms with E-state index >= 15 is 0 Å². The van der Waals surface area contributed by atoms with Crippen LogP contribution in [0.5, 0.6) is 0 Å². The quantitative estimate of drug-likeness (QED) is 0.790. The van der Waals surface area contributed by atoms with Gasteiger partial charge < -0.3 is 9.30 Å². The smallest absolute Gasteiger partial charge is 0.411 e. The maximum atomic E-state index is 11.8. The van der Waals surface area contributed by atoms with Crippen LogP contribution in [0.25, 0.3) is 0 Å². The lowest BCUT2D eigenvalue weighted by Gasteiger charge is -2.24. The van der Waals surface area contributed by atoms with Crippen molar-refractivity contribution in [1.29, 1.82) is 0 Å². The molecule has 0 bridgehead atoms. The number of cyclic esters (lactones) is 1. The number of carbonyl (C=O) groups excluding carboxylic acids is 1. The summed E-state index contributed by atoms with van der Waals surface area (Å²) in [5.74, 6) is 0.812. The highest BCUT2D eigenvalue weighted by atomic mass is 16.6. The fourth-order valence-electron chi connectivity index (χ4n) is 2.31. The highest BCUT2D eigenvalue weighted by Gasteiger charge is 2.42. The van der Waals surface area contributed by atoms with E-state index in [2.05, 4.69) is 4.98 Å². The van der Waals surface area contributed by atoms with Crippen LogP contribution in [0.2, 0.25) is 0 Å². The van der Waals surface area contributed by atoms with Gasteiger partial charge in [-0.2, -0.15) is 0 Å². The van der Waals surface area contributed by atoms with E-state index in [4.69, 9.17) is 4.74 Å². The maximum absolute atomic E-state index is 11.8. The van der Waals surface area contributed by atoms with Gasteiger partial charge in [0.2, 0.25) is 0 Å². The van der Waals surface area contributed by atoms with Gasteiger partial charge in [0.05, 0.1) is 6.04 Å². The summed E-state index contributed by atoms with van der Waals surface area (Å²) in [6.45, 7) is 7.96. The molecule has 1 aromatic heterocycles. The lowest BCUT2D eigenvalue weighted by atomic mass is 10.1. The van der Waals surface area contributed by atoms with Crippen molar-refractivity contribution in [3.63, 3.8) is 0 Å². The summed E-state index contributed by atoms with van der Waals surface area (Å²) in [4.78, 5) is 17.9. The third-order valence-electron chi connectivity index (χ3n) is 3.38. The Morgan fingerprint density at radius 1 is 1.47 bits per heavy atom. The van der Waals surface area contributed by atoms with E-state index in [1.807, 2.05) is 39.3 Å². The Labute approximate surface area is 101 Å². The topological polar surface area (TPSA) is 47.4 Å². The van der Waals surface area contributed by atoms with Crippen molar-refractivity contribution >= 4 is 6.09 Å².